The Hall–Kier alpha value is -2.98. The van der Waals surface area contributed by atoms with Gasteiger partial charge in [0.25, 0.3) is 0 Å². The number of nitrogens with one attached hydrogen (secondary N) is 1. The van der Waals surface area contributed by atoms with Gasteiger partial charge in [-0.15, -0.1) is 0 Å². The fourth-order valence-corrected chi connectivity index (χ4v) is 3.06. The molecule has 0 saturated heterocycles. The number of carbonyl (C=O) groups is 1. The van der Waals surface area contributed by atoms with E-state index >= 15 is 0 Å². The van der Waals surface area contributed by atoms with Crippen LogP contribution in [0.4, 0.5) is 4.39 Å². The lowest BCUT2D eigenvalue weighted by atomic mass is 9.90. The van der Waals surface area contributed by atoms with E-state index in [2.05, 4.69) is 5.32 Å². The van der Waals surface area contributed by atoms with Gasteiger partial charge in [0, 0.05) is 0 Å². The molecule has 0 aliphatic heterocycles. The first-order chi connectivity index (χ1) is 13.0. The minimum atomic E-state index is -1.30. The summed E-state index contributed by atoms with van der Waals surface area (Å²) in [6, 6.07) is 24.7. The number of amides is 1. The van der Waals surface area contributed by atoms with Crippen LogP contribution in [-0.2, 0) is 10.4 Å². The summed E-state index contributed by atoms with van der Waals surface area (Å²) >= 11 is 0. The highest BCUT2D eigenvalue weighted by Gasteiger charge is 2.27. The molecule has 4 heteroatoms. The molecule has 0 fully saturated rings. The molecule has 0 aliphatic rings. The number of aliphatic hydroxyl groups is 1. The standard InChI is InChI=1S/C23H22FNO2/c1-23(27,19-12-14-20(24)15-13-19)16-25-22(26)21(17-8-4-2-5-9-17)18-10-6-3-7-11-18/h2-15,21,27H,16H2,1H3,(H,25,26). The summed E-state index contributed by atoms with van der Waals surface area (Å²) in [5.41, 5.74) is 0.992. The second kappa shape index (κ2) is 8.14. The Bertz CT molecular complexity index is 838. The van der Waals surface area contributed by atoms with Crippen LogP contribution in [0.1, 0.15) is 29.5 Å². The SMILES string of the molecule is CC(O)(CNC(=O)C(c1ccccc1)c1ccccc1)c1ccc(F)cc1. The zero-order chi connectivity index (χ0) is 19.3. The zero-order valence-corrected chi connectivity index (χ0v) is 15.1. The van der Waals surface area contributed by atoms with E-state index in [1.165, 1.54) is 24.3 Å². The van der Waals surface area contributed by atoms with Gasteiger partial charge in [-0.05, 0) is 35.7 Å². The van der Waals surface area contributed by atoms with Crippen LogP contribution >= 0.6 is 0 Å². The third-order valence-electron chi connectivity index (χ3n) is 4.60. The quantitative estimate of drug-likeness (QED) is 0.696. The summed E-state index contributed by atoms with van der Waals surface area (Å²) in [4.78, 5) is 13.0. The van der Waals surface area contributed by atoms with E-state index in [1.807, 2.05) is 60.7 Å². The summed E-state index contributed by atoms with van der Waals surface area (Å²) in [6.45, 7) is 1.62. The molecule has 1 amide bonds. The molecular formula is C23H22FNO2. The maximum absolute atomic E-state index is 13.1. The van der Waals surface area contributed by atoms with Crippen LogP contribution in [0.15, 0.2) is 84.9 Å². The number of carbonyl (C=O) groups excluding carboxylic acids is 1. The second-order valence-electron chi connectivity index (χ2n) is 6.75. The highest BCUT2D eigenvalue weighted by molar-refractivity contribution is 5.87. The van der Waals surface area contributed by atoms with Crippen molar-refractivity contribution in [1.82, 2.24) is 5.32 Å². The minimum absolute atomic E-state index is 0.0215. The first-order valence-corrected chi connectivity index (χ1v) is 8.83. The molecule has 2 N–H and O–H groups in total. The number of hydrogen-bond donors (Lipinski definition) is 2. The van der Waals surface area contributed by atoms with E-state index in [0.29, 0.717) is 5.56 Å². The van der Waals surface area contributed by atoms with Crippen LogP contribution in [-0.4, -0.2) is 17.6 Å². The maximum Gasteiger partial charge on any atom is 0.232 e. The number of hydrogen-bond acceptors (Lipinski definition) is 2. The maximum atomic E-state index is 13.1. The van der Waals surface area contributed by atoms with Crippen LogP contribution in [0.5, 0.6) is 0 Å². The van der Waals surface area contributed by atoms with Crippen molar-refractivity contribution in [1.29, 1.82) is 0 Å². The van der Waals surface area contributed by atoms with Gasteiger partial charge < -0.3 is 10.4 Å². The van der Waals surface area contributed by atoms with Crippen LogP contribution in [0, 0.1) is 5.82 Å². The summed E-state index contributed by atoms with van der Waals surface area (Å²) < 4.78 is 13.1. The minimum Gasteiger partial charge on any atom is -0.384 e. The van der Waals surface area contributed by atoms with Gasteiger partial charge in [0.15, 0.2) is 0 Å². The van der Waals surface area contributed by atoms with Gasteiger partial charge >= 0.3 is 0 Å². The molecule has 1 atom stereocenters. The molecule has 3 nitrogen and oxygen atoms in total. The van der Waals surface area contributed by atoms with Crippen molar-refractivity contribution in [3.8, 4) is 0 Å². The second-order valence-corrected chi connectivity index (χ2v) is 6.75. The molecule has 3 rings (SSSR count). The first kappa shape index (κ1) is 18.8. The molecule has 0 heterocycles. The van der Waals surface area contributed by atoms with E-state index in [-0.39, 0.29) is 18.3 Å². The molecule has 138 valence electrons. The Labute approximate surface area is 158 Å². The lowest BCUT2D eigenvalue weighted by molar-refractivity contribution is -0.122. The molecule has 1 unspecified atom stereocenters. The summed E-state index contributed by atoms with van der Waals surface area (Å²) in [5.74, 6) is -1.04. The van der Waals surface area contributed by atoms with Gasteiger partial charge in [0.1, 0.15) is 11.4 Å². The Balaban J connectivity index is 1.80. The van der Waals surface area contributed by atoms with Crippen LogP contribution in [0.3, 0.4) is 0 Å². The Morgan fingerprint density at radius 1 is 0.926 bits per heavy atom. The van der Waals surface area contributed by atoms with Crippen LogP contribution in [0.2, 0.25) is 0 Å². The van der Waals surface area contributed by atoms with E-state index in [4.69, 9.17) is 0 Å². The number of halogens is 1. The largest absolute Gasteiger partial charge is 0.384 e. The van der Waals surface area contributed by atoms with Crippen LogP contribution in [0.25, 0.3) is 0 Å². The van der Waals surface area contributed by atoms with Crippen molar-refractivity contribution in [2.24, 2.45) is 0 Å². The molecule has 0 saturated carbocycles. The fraction of sp³-hybridized carbons (Fsp3) is 0.174. The molecule has 0 aromatic heterocycles. The molecular weight excluding hydrogens is 341 g/mol. The van der Waals surface area contributed by atoms with Gasteiger partial charge in [0.05, 0.1) is 12.5 Å². The van der Waals surface area contributed by atoms with E-state index < -0.39 is 11.5 Å². The predicted octanol–water partition coefficient (Wildman–Crippen LogP) is 3.98. The summed E-state index contributed by atoms with van der Waals surface area (Å²) in [7, 11) is 0. The lowest BCUT2D eigenvalue weighted by Crippen LogP contribution is -2.40. The molecule has 0 spiro atoms. The van der Waals surface area contributed by atoms with Gasteiger partial charge in [-0.25, -0.2) is 4.39 Å². The highest BCUT2D eigenvalue weighted by Crippen LogP contribution is 2.26. The molecule has 0 radical (unpaired) electrons. The van der Waals surface area contributed by atoms with Gasteiger partial charge in [-0.1, -0.05) is 72.8 Å². The highest BCUT2D eigenvalue weighted by atomic mass is 19.1. The third kappa shape index (κ3) is 4.60. The predicted molar refractivity (Wildman–Crippen MR) is 104 cm³/mol. The molecule has 27 heavy (non-hydrogen) atoms. The van der Waals surface area contributed by atoms with Gasteiger partial charge in [-0.2, -0.15) is 0 Å². The smallest absolute Gasteiger partial charge is 0.232 e. The molecule has 3 aromatic carbocycles. The van der Waals surface area contributed by atoms with Crippen molar-refractivity contribution < 1.29 is 14.3 Å². The normalized spacial score (nSPS) is 13.2. The van der Waals surface area contributed by atoms with Crippen molar-refractivity contribution in [3.63, 3.8) is 0 Å². The zero-order valence-electron chi connectivity index (χ0n) is 15.1. The summed E-state index contributed by atoms with van der Waals surface area (Å²) in [6.07, 6.45) is 0. The van der Waals surface area contributed by atoms with Crippen molar-refractivity contribution >= 4 is 5.91 Å². The molecule has 0 aliphatic carbocycles. The van der Waals surface area contributed by atoms with E-state index in [1.54, 1.807) is 6.92 Å². The van der Waals surface area contributed by atoms with Gasteiger partial charge in [0.2, 0.25) is 5.91 Å². The van der Waals surface area contributed by atoms with Crippen LogP contribution < -0.4 is 5.32 Å². The van der Waals surface area contributed by atoms with Crippen molar-refractivity contribution in [3.05, 3.63) is 107 Å². The Morgan fingerprint density at radius 3 is 1.89 bits per heavy atom. The monoisotopic (exact) mass is 363 g/mol. The van der Waals surface area contributed by atoms with Crippen molar-refractivity contribution in [2.45, 2.75) is 18.4 Å². The Morgan fingerprint density at radius 2 is 1.41 bits per heavy atom. The fourth-order valence-electron chi connectivity index (χ4n) is 3.06. The average Bonchev–Trinajstić information content (AvgIpc) is 2.69. The van der Waals surface area contributed by atoms with E-state index in [0.717, 1.165) is 11.1 Å². The Kier molecular flexibility index (Phi) is 5.67. The number of benzene rings is 3. The molecule has 0 bridgehead atoms. The topological polar surface area (TPSA) is 49.3 Å². The average molecular weight is 363 g/mol. The van der Waals surface area contributed by atoms with Gasteiger partial charge in [-0.3, -0.25) is 4.79 Å². The lowest BCUT2D eigenvalue weighted by Gasteiger charge is -2.26. The first-order valence-electron chi connectivity index (χ1n) is 8.83. The number of rotatable bonds is 6. The van der Waals surface area contributed by atoms with E-state index in [9.17, 15) is 14.3 Å². The molecule has 3 aromatic rings. The summed E-state index contributed by atoms with van der Waals surface area (Å²) in [5, 5.41) is 13.6. The van der Waals surface area contributed by atoms with Crippen molar-refractivity contribution in [2.75, 3.05) is 6.54 Å². The third-order valence-corrected chi connectivity index (χ3v) is 4.60.